The lowest BCUT2D eigenvalue weighted by Gasteiger charge is -2.27. The lowest BCUT2D eigenvalue weighted by atomic mass is 10.1. The minimum atomic E-state index is 0.747. The summed E-state index contributed by atoms with van der Waals surface area (Å²) in [4.78, 5) is 11.9. The number of anilines is 3. The number of hydrogen-bond donors (Lipinski definition) is 3. The summed E-state index contributed by atoms with van der Waals surface area (Å²) in [5.41, 5.74) is 6.12. The van der Waals surface area contributed by atoms with E-state index in [4.69, 9.17) is 4.98 Å². The Labute approximate surface area is 182 Å². The molecule has 0 bridgehead atoms. The quantitative estimate of drug-likeness (QED) is 0.449. The topological polar surface area (TPSA) is 69.5 Å². The minimum Gasteiger partial charge on any atom is -0.388 e. The highest BCUT2D eigenvalue weighted by molar-refractivity contribution is 5.74. The Kier molecular flexibility index (Phi) is 5.52. The second-order valence-corrected chi connectivity index (χ2v) is 7.82. The maximum absolute atomic E-state index is 4.92. The number of nitrogens with zero attached hydrogens (tertiary/aromatic N) is 4. The first-order valence-electron chi connectivity index (χ1n) is 10.7. The molecule has 2 aromatic heterocycles. The van der Waals surface area contributed by atoms with E-state index in [0.29, 0.717) is 0 Å². The molecule has 1 saturated heterocycles. The van der Waals surface area contributed by atoms with Gasteiger partial charge < -0.3 is 20.4 Å². The van der Waals surface area contributed by atoms with Crippen LogP contribution in [0.25, 0.3) is 16.9 Å². The molecule has 0 unspecified atom stereocenters. The number of rotatable bonds is 6. The number of piperazine rings is 1. The van der Waals surface area contributed by atoms with Gasteiger partial charge in [-0.3, -0.25) is 4.90 Å². The zero-order chi connectivity index (χ0) is 21.0. The van der Waals surface area contributed by atoms with Crippen molar-refractivity contribution < 1.29 is 0 Å². The Balaban J connectivity index is 1.45. The second-order valence-electron chi connectivity index (χ2n) is 7.82. The Morgan fingerprint density at radius 2 is 1.87 bits per heavy atom. The summed E-state index contributed by atoms with van der Waals surface area (Å²) in [6, 6.07) is 16.8. The van der Waals surface area contributed by atoms with E-state index in [1.807, 2.05) is 36.0 Å². The molecule has 0 atom stereocenters. The monoisotopic (exact) mass is 413 g/mol. The first kappa shape index (κ1) is 19.5. The number of aromatic nitrogens is 3. The number of benzene rings is 2. The van der Waals surface area contributed by atoms with Gasteiger partial charge >= 0.3 is 0 Å². The highest BCUT2D eigenvalue weighted by Crippen LogP contribution is 2.26. The fourth-order valence-electron chi connectivity index (χ4n) is 4.00. The Morgan fingerprint density at radius 1 is 1.03 bits per heavy atom. The first-order valence-corrected chi connectivity index (χ1v) is 10.7. The van der Waals surface area contributed by atoms with E-state index in [9.17, 15) is 0 Å². The maximum atomic E-state index is 4.92. The van der Waals surface area contributed by atoms with Crippen LogP contribution in [0.15, 0.2) is 67.1 Å². The van der Waals surface area contributed by atoms with Crippen molar-refractivity contribution in [1.29, 1.82) is 0 Å². The largest absolute Gasteiger partial charge is 0.388 e. The Bertz CT molecular complexity index is 1180. The molecule has 1 aliphatic rings. The normalized spacial score (nSPS) is 14.6. The van der Waals surface area contributed by atoms with Gasteiger partial charge in [-0.15, -0.1) is 0 Å². The molecule has 158 valence electrons. The van der Waals surface area contributed by atoms with Gasteiger partial charge in [0.1, 0.15) is 0 Å². The lowest BCUT2D eigenvalue weighted by molar-refractivity contribution is 0.233. The molecule has 1 fully saturated rings. The van der Waals surface area contributed by atoms with Crippen molar-refractivity contribution >= 4 is 22.8 Å². The number of nitrogens with one attached hydrogen (secondary N) is 3. The van der Waals surface area contributed by atoms with Crippen molar-refractivity contribution in [2.45, 2.75) is 6.54 Å². The third kappa shape index (κ3) is 4.38. The first-order chi connectivity index (χ1) is 15.3. The van der Waals surface area contributed by atoms with Crippen molar-refractivity contribution in [3.05, 3.63) is 72.7 Å². The van der Waals surface area contributed by atoms with Crippen molar-refractivity contribution in [1.82, 2.24) is 24.6 Å². The Morgan fingerprint density at radius 3 is 2.74 bits per heavy atom. The van der Waals surface area contributed by atoms with E-state index < -0.39 is 0 Å². The predicted octanol–water partition coefficient (Wildman–Crippen LogP) is 3.59. The van der Waals surface area contributed by atoms with Gasteiger partial charge in [0.05, 0.1) is 5.69 Å². The van der Waals surface area contributed by atoms with Gasteiger partial charge in [0.2, 0.25) is 0 Å². The third-order valence-electron chi connectivity index (χ3n) is 5.63. The summed E-state index contributed by atoms with van der Waals surface area (Å²) in [7, 11) is 1.92. The standard InChI is InChI=1S/C24H27N7/c1-25-20-6-3-5-19(15-20)22-17-31-13-10-27-24(31)23(29-22)28-21-7-2-4-18(14-21)16-30-11-8-26-9-12-30/h2-7,10,13-15,17,25-26H,8-9,11-12,16H2,1H3,(H,28,29). The molecule has 4 aromatic rings. The maximum Gasteiger partial charge on any atom is 0.180 e. The summed E-state index contributed by atoms with van der Waals surface area (Å²) in [5, 5.41) is 10.1. The smallest absolute Gasteiger partial charge is 0.180 e. The fourth-order valence-corrected chi connectivity index (χ4v) is 4.00. The van der Waals surface area contributed by atoms with E-state index in [2.05, 4.69) is 62.2 Å². The van der Waals surface area contributed by atoms with Crippen LogP contribution < -0.4 is 16.0 Å². The van der Waals surface area contributed by atoms with E-state index >= 15 is 0 Å². The van der Waals surface area contributed by atoms with Crippen molar-refractivity contribution in [2.24, 2.45) is 0 Å². The van der Waals surface area contributed by atoms with Gasteiger partial charge in [-0.1, -0.05) is 24.3 Å². The summed E-state index contributed by atoms with van der Waals surface area (Å²) in [6.45, 7) is 5.24. The average Bonchev–Trinajstić information content (AvgIpc) is 3.29. The molecule has 0 radical (unpaired) electrons. The van der Waals surface area contributed by atoms with Crippen molar-refractivity contribution in [2.75, 3.05) is 43.9 Å². The Hall–Kier alpha value is -3.42. The molecular formula is C24H27N7. The highest BCUT2D eigenvalue weighted by atomic mass is 15.2. The van der Waals surface area contributed by atoms with Gasteiger partial charge in [-0.25, -0.2) is 9.97 Å². The van der Waals surface area contributed by atoms with Gasteiger partial charge in [0.25, 0.3) is 0 Å². The molecule has 3 heterocycles. The molecule has 0 spiro atoms. The lowest BCUT2D eigenvalue weighted by Crippen LogP contribution is -2.42. The summed E-state index contributed by atoms with van der Waals surface area (Å²) < 4.78 is 2.02. The van der Waals surface area contributed by atoms with Crippen LogP contribution in [0.4, 0.5) is 17.2 Å². The van der Waals surface area contributed by atoms with Crippen LogP contribution in [0.2, 0.25) is 0 Å². The minimum absolute atomic E-state index is 0.747. The molecule has 7 heteroatoms. The summed E-state index contributed by atoms with van der Waals surface area (Å²) in [6.07, 6.45) is 5.77. The molecule has 31 heavy (non-hydrogen) atoms. The molecule has 1 aliphatic heterocycles. The average molecular weight is 414 g/mol. The van der Waals surface area contributed by atoms with Gasteiger partial charge in [-0.2, -0.15) is 0 Å². The van der Waals surface area contributed by atoms with E-state index in [1.54, 1.807) is 6.20 Å². The molecule has 0 aliphatic carbocycles. The zero-order valence-corrected chi connectivity index (χ0v) is 17.7. The highest BCUT2D eigenvalue weighted by Gasteiger charge is 2.12. The van der Waals surface area contributed by atoms with Crippen LogP contribution in [0.5, 0.6) is 0 Å². The van der Waals surface area contributed by atoms with Crippen LogP contribution in [-0.2, 0) is 6.54 Å². The van der Waals surface area contributed by atoms with Crippen LogP contribution in [0.1, 0.15) is 5.56 Å². The SMILES string of the molecule is CNc1cccc(-c2cn3ccnc3c(Nc3cccc(CN4CCNCC4)c3)n2)c1. The van der Waals surface area contributed by atoms with Gasteiger partial charge in [0, 0.05) is 75.3 Å². The molecular weight excluding hydrogens is 386 g/mol. The third-order valence-corrected chi connectivity index (χ3v) is 5.63. The van der Waals surface area contributed by atoms with Crippen molar-refractivity contribution in [3.63, 3.8) is 0 Å². The summed E-state index contributed by atoms with van der Waals surface area (Å²) >= 11 is 0. The molecule has 2 aromatic carbocycles. The van der Waals surface area contributed by atoms with E-state index in [1.165, 1.54) is 5.56 Å². The van der Waals surface area contributed by atoms with Crippen LogP contribution in [0, 0.1) is 0 Å². The van der Waals surface area contributed by atoms with Crippen molar-refractivity contribution in [3.8, 4) is 11.3 Å². The van der Waals surface area contributed by atoms with Crippen LogP contribution in [0.3, 0.4) is 0 Å². The molecule has 5 rings (SSSR count). The van der Waals surface area contributed by atoms with Gasteiger partial charge in [0.15, 0.2) is 11.5 Å². The van der Waals surface area contributed by atoms with Crippen LogP contribution >= 0.6 is 0 Å². The fraction of sp³-hybridized carbons (Fsp3) is 0.250. The van der Waals surface area contributed by atoms with Gasteiger partial charge in [-0.05, 0) is 29.8 Å². The van der Waals surface area contributed by atoms with E-state index in [0.717, 1.165) is 66.8 Å². The number of hydrogen-bond acceptors (Lipinski definition) is 6. The molecule has 0 saturated carbocycles. The summed E-state index contributed by atoms with van der Waals surface area (Å²) in [5.74, 6) is 0.747. The number of imidazole rings is 1. The zero-order valence-electron chi connectivity index (χ0n) is 17.7. The predicted molar refractivity (Wildman–Crippen MR) is 126 cm³/mol. The number of fused-ring (bicyclic) bond motifs is 1. The molecule has 0 amide bonds. The molecule has 7 nitrogen and oxygen atoms in total. The molecule has 3 N–H and O–H groups in total. The second kappa shape index (κ2) is 8.75. The van der Waals surface area contributed by atoms with Crippen LogP contribution in [-0.4, -0.2) is 52.5 Å². The van der Waals surface area contributed by atoms with E-state index in [-0.39, 0.29) is 0 Å².